The van der Waals surface area contributed by atoms with Gasteiger partial charge in [-0.1, -0.05) is 13.8 Å². The molecule has 0 aliphatic rings. The summed E-state index contributed by atoms with van der Waals surface area (Å²) >= 11 is 0. The summed E-state index contributed by atoms with van der Waals surface area (Å²) in [5.74, 6) is 0. The van der Waals surface area contributed by atoms with E-state index >= 15 is 0 Å². The molecule has 2 aromatic rings. The Morgan fingerprint density at radius 3 is 2.47 bits per heavy atom. The number of H-pyrrole nitrogens is 2. The van der Waals surface area contributed by atoms with Gasteiger partial charge in [0.2, 0.25) is 0 Å². The maximum atomic E-state index is 3.44. The van der Waals surface area contributed by atoms with Crippen LogP contribution >= 0.6 is 0 Å². The summed E-state index contributed by atoms with van der Waals surface area (Å²) in [4.78, 5) is 6.75. The molecule has 0 aromatic carbocycles. The first kappa shape index (κ1) is 10.1. The van der Waals surface area contributed by atoms with Crippen molar-refractivity contribution in [1.29, 1.82) is 0 Å². The van der Waals surface area contributed by atoms with Crippen molar-refractivity contribution in [2.45, 2.75) is 33.6 Å². The smallest absolute Gasteiger partial charge is 0.0652 e. The second kappa shape index (κ2) is 3.97. The van der Waals surface area contributed by atoms with Crippen molar-refractivity contribution in [3.63, 3.8) is 0 Å². The van der Waals surface area contributed by atoms with Gasteiger partial charge in [-0.2, -0.15) is 0 Å². The molecule has 0 bridgehead atoms. The zero-order valence-corrected chi connectivity index (χ0v) is 9.65. The molecule has 0 spiro atoms. The Morgan fingerprint density at radius 2 is 1.87 bits per heavy atom. The number of hydrogen-bond acceptors (Lipinski definition) is 0. The molecule has 0 saturated carbocycles. The van der Waals surface area contributed by atoms with Gasteiger partial charge in [0.25, 0.3) is 0 Å². The van der Waals surface area contributed by atoms with Gasteiger partial charge in [-0.3, -0.25) is 0 Å². The van der Waals surface area contributed by atoms with Crippen LogP contribution in [0.2, 0.25) is 0 Å². The van der Waals surface area contributed by atoms with Gasteiger partial charge in [0.1, 0.15) is 0 Å². The number of aromatic nitrogens is 2. The Hall–Kier alpha value is -1.44. The lowest BCUT2D eigenvalue weighted by Gasteiger charge is -1.98. The molecule has 0 aliphatic heterocycles. The molecule has 2 heteroatoms. The average molecular weight is 202 g/mol. The Labute approximate surface area is 90.7 Å². The van der Waals surface area contributed by atoms with Crippen LogP contribution in [0.5, 0.6) is 0 Å². The maximum Gasteiger partial charge on any atom is 0.0652 e. The van der Waals surface area contributed by atoms with Gasteiger partial charge in [-0.05, 0) is 43.0 Å². The van der Waals surface area contributed by atoms with E-state index in [0.29, 0.717) is 0 Å². The van der Waals surface area contributed by atoms with Crippen LogP contribution in [0.15, 0.2) is 18.3 Å². The Morgan fingerprint density at radius 1 is 1.13 bits per heavy atom. The van der Waals surface area contributed by atoms with E-state index in [9.17, 15) is 0 Å². The van der Waals surface area contributed by atoms with Gasteiger partial charge in [-0.25, -0.2) is 0 Å². The predicted molar refractivity (Wildman–Crippen MR) is 64.1 cm³/mol. The maximum absolute atomic E-state index is 3.44. The molecule has 2 rings (SSSR count). The molecule has 15 heavy (non-hydrogen) atoms. The molecular weight excluding hydrogens is 184 g/mol. The van der Waals surface area contributed by atoms with E-state index in [4.69, 9.17) is 0 Å². The fourth-order valence-corrected chi connectivity index (χ4v) is 2.05. The molecule has 2 heterocycles. The molecule has 0 fully saturated rings. The molecule has 0 radical (unpaired) electrons. The van der Waals surface area contributed by atoms with Gasteiger partial charge in [0.15, 0.2) is 0 Å². The summed E-state index contributed by atoms with van der Waals surface area (Å²) < 4.78 is 0. The third-order valence-electron chi connectivity index (χ3n) is 2.99. The normalized spacial score (nSPS) is 10.9. The van der Waals surface area contributed by atoms with Crippen LogP contribution in [-0.2, 0) is 12.8 Å². The Kier molecular flexibility index (Phi) is 2.67. The molecule has 0 aliphatic carbocycles. The lowest BCUT2D eigenvalue weighted by Crippen LogP contribution is -1.84. The van der Waals surface area contributed by atoms with Gasteiger partial charge < -0.3 is 9.97 Å². The van der Waals surface area contributed by atoms with Crippen molar-refractivity contribution in [2.75, 3.05) is 0 Å². The van der Waals surface area contributed by atoms with Gasteiger partial charge in [0.05, 0.1) is 11.4 Å². The van der Waals surface area contributed by atoms with Crippen molar-refractivity contribution in [3.05, 3.63) is 35.2 Å². The summed E-state index contributed by atoms with van der Waals surface area (Å²) in [6.45, 7) is 6.51. The second-order valence-corrected chi connectivity index (χ2v) is 3.92. The number of nitrogens with one attached hydrogen (secondary N) is 2. The first-order valence-corrected chi connectivity index (χ1v) is 5.61. The van der Waals surface area contributed by atoms with E-state index in [2.05, 4.69) is 42.9 Å². The highest BCUT2D eigenvalue weighted by Gasteiger charge is 2.08. The number of hydrogen-bond donors (Lipinski definition) is 2. The SMILES string of the molecule is CCc1cc(-c2[nH]ccc2CC)[nH]c1C. The van der Waals surface area contributed by atoms with Crippen molar-refractivity contribution < 1.29 is 0 Å². The molecule has 0 amide bonds. The highest BCUT2D eigenvalue weighted by molar-refractivity contribution is 5.61. The van der Waals surface area contributed by atoms with E-state index in [1.807, 2.05) is 6.20 Å². The third-order valence-corrected chi connectivity index (χ3v) is 2.99. The van der Waals surface area contributed by atoms with E-state index < -0.39 is 0 Å². The van der Waals surface area contributed by atoms with Crippen LogP contribution < -0.4 is 0 Å². The van der Waals surface area contributed by atoms with Crippen LogP contribution in [0.25, 0.3) is 11.4 Å². The summed E-state index contributed by atoms with van der Waals surface area (Å²) in [5.41, 5.74) is 6.51. The van der Waals surface area contributed by atoms with E-state index in [0.717, 1.165) is 12.8 Å². The predicted octanol–water partition coefficient (Wildman–Crippen LogP) is 3.44. The molecule has 0 unspecified atom stereocenters. The van der Waals surface area contributed by atoms with Gasteiger partial charge in [-0.15, -0.1) is 0 Å². The van der Waals surface area contributed by atoms with Gasteiger partial charge in [0, 0.05) is 11.9 Å². The minimum Gasteiger partial charge on any atom is -0.360 e. The fourth-order valence-electron chi connectivity index (χ4n) is 2.05. The van der Waals surface area contributed by atoms with Crippen molar-refractivity contribution in [1.82, 2.24) is 9.97 Å². The Balaban J connectivity index is 2.45. The third kappa shape index (κ3) is 1.72. The standard InChI is InChI=1S/C13H18N2/c1-4-10-6-7-14-13(10)12-8-11(5-2)9(3)15-12/h6-8,14-15H,4-5H2,1-3H3. The highest BCUT2D eigenvalue weighted by Crippen LogP contribution is 2.24. The minimum absolute atomic E-state index is 1.07. The molecule has 0 saturated heterocycles. The number of aromatic amines is 2. The minimum atomic E-state index is 1.07. The lowest BCUT2D eigenvalue weighted by molar-refractivity contribution is 1.10. The average Bonchev–Trinajstić information content (AvgIpc) is 2.82. The number of aryl methyl sites for hydroxylation is 3. The van der Waals surface area contributed by atoms with Crippen molar-refractivity contribution in [3.8, 4) is 11.4 Å². The molecule has 0 atom stereocenters. The molecular formula is C13H18N2. The van der Waals surface area contributed by atoms with E-state index in [1.54, 1.807) is 0 Å². The van der Waals surface area contributed by atoms with Crippen LogP contribution in [0, 0.1) is 6.92 Å². The summed E-state index contributed by atoms with van der Waals surface area (Å²) in [6.07, 6.45) is 4.17. The van der Waals surface area contributed by atoms with Crippen LogP contribution in [-0.4, -0.2) is 9.97 Å². The molecule has 2 aromatic heterocycles. The van der Waals surface area contributed by atoms with Crippen LogP contribution in [0.3, 0.4) is 0 Å². The summed E-state index contributed by atoms with van der Waals surface area (Å²) in [5, 5.41) is 0. The first-order chi connectivity index (χ1) is 7.26. The number of rotatable bonds is 3. The quantitative estimate of drug-likeness (QED) is 0.764. The highest BCUT2D eigenvalue weighted by atomic mass is 14.8. The fraction of sp³-hybridized carbons (Fsp3) is 0.385. The molecule has 80 valence electrons. The van der Waals surface area contributed by atoms with Gasteiger partial charge >= 0.3 is 0 Å². The van der Waals surface area contributed by atoms with Crippen molar-refractivity contribution >= 4 is 0 Å². The first-order valence-electron chi connectivity index (χ1n) is 5.61. The zero-order chi connectivity index (χ0) is 10.8. The monoisotopic (exact) mass is 202 g/mol. The van der Waals surface area contributed by atoms with E-state index in [-0.39, 0.29) is 0 Å². The molecule has 2 nitrogen and oxygen atoms in total. The summed E-state index contributed by atoms with van der Waals surface area (Å²) in [6, 6.07) is 4.40. The van der Waals surface area contributed by atoms with Crippen LogP contribution in [0.1, 0.15) is 30.7 Å². The Bertz CT molecular complexity index is 449. The zero-order valence-electron chi connectivity index (χ0n) is 9.65. The van der Waals surface area contributed by atoms with E-state index in [1.165, 1.54) is 28.2 Å². The second-order valence-electron chi connectivity index (χ2n) is 3.92. The topological polar surface area (TPSA) is 31.6 Å². The lowest BCUT2D eigenvalue weighted by atomic mass is 10.1. The van der Waals surface area contributed by atoms with Crippen molar-refractivity contribution in [2.24, 2.45) is 0 Å². The van der Waals surface area contributed by atoms with Crippen LogP contribution in [0.4, 0.5) is 0 Å². The largest absolute Gasteiger partial charge is 0.360 e. The summed E-state index contributed by atoms with van der Waals surface area (Å²) in [7, 11) is 0. The molecule has 2 N–H and O–H groups in total.